The van der Waals surface area contributed by atoms with Gasteiger partial charge in [-0.2, -0.15) is 0 Å². The van der Waals surface area contributed by atoms with E-state index in [-0.39, 0.29) is 56.1 Å². The molecule has 0 bridgehead atoms. The van der Waals surface area contributed by atoms with Crippen LogP contribution in [0.25, 0.3) is 10.9 Å². The molecule has 0 amide bonds. The van der Waals surface area contributed by atoms with Crippen LogP contribution in [0.1, 0.15) is 0 Å². The first kappa shape index (κ1) is 27.3. The zero-order valence-electron chi connectivity index (χ0n) is 12.9. The Morgan fingerprint density at radius 1 is 1.19 bits per heavy atom. The molecule has 3 rings (SSSR count). The SMILES string of the molecule is Fc1cnc(Br)c2[nH]ccc12.O=[N+]([O-])c1cc(F)cnc1Br.[Br-].[CH-]=C.[Mg+2]. The summed E-state index contributed by atoms with van der Waals surface area (Å²) in [5.41, 5.74) is 0.329. The van der Waals surface area contributed by atoms with Crippen LogP contribution in [0.15, 0.2) is 46.5 Å². The van der Waals surface area contributed by atoms with Crippen molar-refractivity contribution in [2.24, 2.45) is 0 Å². The van der Waals surface area contributed by atoms with Crippen molar-refractivity contribution in [3.05, 3.63) is 74.8 Å². The van der Waals surface area contributed by atoms with Crippen LogP contribution in [-0.2, 0) is 0 Å². The maximum absolute atomic E-state index is 12.9. The number of nitrogens with one attached hydrogen (secondary N) is 1. The third-order valence-electron chi connectivity index (χ3n) is 2.49. The van der Waals surface area contributed by atoms with Crippen LogP contribution in [0.2, 0.25) is 0 Å². The van der Waals surface area contributed by atoms with Crippen molar-refractivity contribution in [3.63, 3.8) is 0 Å². The van der Waals surface area contributed by atoms with E-state index in [9.17, 15) is 18.9 Å². The van der Waals surface area contributed by atoms with Crippen LogP contribution in [0.4, 0.5) is 14.5 Å². The monoisotopic (exact) mass is 564 g/mol. The normalized spacial score (nSPS) is 8.77. The van der Waals surface area contributed by atoms with Gasteiger partial charge in [0.2, 0.25) is 0 Å². The molecule has 6 nitrogen and oxygen atoms in total. The minimum Gasteiger partial charge on any atom is -1.00 e. The number of nitro groups is 1. The molecule has 134 valence electrons. The van der Waals surface area contributed by atoms with Crippen molar-refractivity contribution in [2.75, 3.05) is 0 Å². The minimum atomic E-state index is -0.722. The van der Waals surface area contributed by atoms with Crippen LogP contribution in [0.3, 0.4) is 0 Å². The minimum absolute atomic E-state index is 0. The second-order valence-electron chi connectivity index (χ2n) is 3.88. The number of aromatic nitrogens is 3. The van der Waals surface area contributed by atoms with E-state index in [1.165, 1.54) is 6.20 Å². The van der Waals surface area contributed by atoms with Gasteiger partial charge >= 0.3 is 28.7 Å². The molecular weight excluding hydrogens is 558 g/mol. The fourth-order valence-electron chi connectivity index (χ4n) is 1.53. The quantitative estimate of drug-likeness (QED) is 0.159. The molecule has 0 aliphatic rings. The average molecular weight is 567 g/mol. The van der Waals surface area contributed by atoms with Gasteiger partial charge in [-0.1, -0.05) is 0 Å². The van der Waals surface area contributed by atoms with E-state index in [0.29, 0.717) is 15.5 Å². The maximum atomic E-state index is 12.9. The van der Waals surface area contributed by atoms with Crippen LogP contribution in [0, 0.1) is 28.3 Å². The molecule has 3 aromatic heterocycles. The van der Waals surface area contributed by atoms with E-state index in [1.54, 1.807) is 12.3 Å². The van der Waals surface area contributed by atoms with E-state index >= 15 is 0 Å². The molecule has 3 heterocycles. The molecule has 3 aromatic rings. The number of nitrogens with zero attached hydrogens (tertiary/aromatic N) is 3. The van der Waals surface area contributed by atoms with Gasteiger partial charge in [-0.05, 0) is 37.9 Å². The Bertz CT molecular complexity index is 831. The van der Waals surface area contributed by atoms with Crippen molar-refractivity contribution in [2.45, 2.75) is 0 Å². The Morgan fingerprint density at radius 2 is 1.77 bits per heavy atom. The van der Waals surface area contributed by atoms with E-state index in [0.717, 1.165) is 12.3 Å². The number of hydrogen-bond donors (Lipinski definition) is 1. The first-order chi connectivity index (χ1) is 11.4. The molecule has 0 atom stereocenters. The largest absolute Gasteiger partial charge is 2.00 e. The van der Waals surface area contributed by atoms with E-state index in [2.05, 4.69) is 60.0 Å². The summed E-state index contributed by atoms with van der Waals surface area (Å²) >= 11 is 6.01. The summed E-state index contributed by atoms with van der Waals surface area (Å²) < 4.78 is 25.9. The first-order valence-electron chi connectivity index (χ1n) is 6.03. The second kappa shape index (κ2) is 13.3. The van der Waals surface area contributed by atoms with Crippen molar-refractivity contribution in [1.82, 2.24) is 15.0 Å². The number of fused-ring (bicyclic) bond motifs is 1. The second-order valence-corrected chi connectivity index (χ2v) is 5.39. The molecule has 0 aliphatic carbocycles. The van der Waals surface area contributed by atoms with Gasteiger partial charge in [0.05, 0.1) is 28.9 Å². The summed E-state index contributed by atoms with van der Waals surface area (Å²) in [5, 5.41) is 10.7. The van der Waals surface area contributed by atoms with Crippen molar-refractivity contribution >= 4 is 71.5 Å². The molecule has 1 N–H and O–H groups in total. The van der Waals surface area contributed by atoms with Crippen LogP contribution in [-0.4, -0.2) is 42.9 Å². The van der Waals surface area contributed by atoms with Gasteiger partial charge in [0, 0.05) is 11.6 Å². The van der Waals surface area contributed by atoms with Gasteiger partial charge in [-0.25, -0.2) is 18.7 Å². The van der Waals surface area contributed by atoms with Crippen LogP contribution >= 0.6 is 31.9 Å². The number of pyridine rings is 2. The van der Waals surface area contributed by atoms with Gasteiger partial charge in [-0.15, -0.1) is 0 Å². The van der Waals surface area contributed by atoms with Gasteiger partial charge < -0.3 is 28.5 Å². The van der Waals surface area contributed by atoms with E-state index in [4.69, 9.17) is 0 Å². The maximum Gasteiger partial charge on any atom is 2.00 e. The smallest absolute Gasteiger partial charge is 1.00 e. The summed E-state index contributed by atoms with van der Waals surface area (Å²) in [6, 6.07) is 2.48. The number of halogens is 5. The topological polar surface area (TPSA) is 84.7 Å². The van der Waals surface area contributed by atoms with Gasteiger partial charge in [0.25, 0.3) is 0 Å². The molecule has 26 heavy (non-hydrogen) atoms. The first-order valence-corrected chi connectivity index (χ1v) is 7.62. The molecule has 0 radical (unpaired) electrons. The van der Waals surface area contributed by atoms with Gasteiger partial charge in [-0.3, -0.25) is 16.7 Å². The molecule has 0 aromatic carbocycles. The summed E-state index contributed by atoms with van der Waals surface area (Å²) in [6.45, 7) is 7.00. The fraction of sp³-hybridized carbons (Fsp3) is 0. The third-order valence-corrected chi connectivity index (χ3v) is 3.70. The number of hydrogen-bond acceptors (Lipinski definition) is 4. The zero-order valence-corrected chi connectivity index (χ0v) is 19.1. The molecule has 0 saturated carbocycles. The van der Waals surface area contributed by atoms with Gasteiger partial charge in [0.1, 0.15) is 10.4 Å². The Morgan fingerprint density at radius 3 is 2.27 bits per heavy atom. The number of aromatic amines is 1. The van der Waals surface area contributed by atoms with E-state index < -0.39 is 10.7 Å². The molecule has 0 spiro atoms. The van der Waals surface area contributed by atoms with Crippen molar-refractivity contribution in [1.29, 1.82) is 0 Å². The summed E-state index contributed by atoms with van der Waals surface area (Å²) in [4.78, 5) is 19.5. The van der Waals surface area contributed by atoms with Crippen LogP contribution < -0.4 is 17.0 Å². The van der Waals surface area contributed by atoms with Gasteiger partial charge in [0.15, 0.2) is 10.4 Å². The zero-order chi connectivity index (χ0) is 18.3. The number of H-pyrrole nitrogens is 1. The summed E-state index contributed by atoms with van der Waals surface area (Å²) in [7, 11) is 0. The molecule has 0 unspecified atom stereocenters. The number of rotatable bonds is 1. The fourth-order valence-corrected chi connectivity index (χ4v) is 2.32. The molecular formula is C14H9Br3F2MgN4O2. The molecule has 0 aliphatic heterocycles. The predicted octanol–water partition coefficient (Wildman–Crippen LogP) is 1.58. The Labute approximate surface area is 190 Å². The molecule has 0 saturated heterocycles. The molecule has 0 fully saturated rings. The standard InChI is InChI=1S/C7H4BrFN2.C5H2BrFN2O2.C2H3.BrH.Mg/c8-7-6-4(1-2-10-6)5(9)3-11-7;6-5-4(9(10)11)1-3(7)2-8-5;1-2;;/h1-3,10H;1-2H;1H,2H2;1H;/q;;-1;;+2/p-1. The molecule has 12 heteroatoms. The van der Waals surface area contributed by atoms with E-state index in [1.807, 2.05) is 0 Å². The van der Waals surface area contributed by atoms with Crippen LogP contribution in [0.5, 0.6) is 0 Å². The van der Waals surface area contributed by atoms with Crippen molar-refractivity contribution in [3.8, 4) is 0 Å². The third kappa shape index (κ3) is 7.35. The Balaban J connectivity index is 0. The summed E-state index contributed by atoms with van der Waals surface area (Å²) in [5.74, 6) is -1.02. The van der Waals surface area contributed by atoms with Crippen molar-refractivity contribution < 1.29 is 30.7 Å². The Kier molecular flexibility index (Phi) is 13.9. The predicted molar refractivity (Wildman–Crippen MR) is 98.0 cm³/mol. The average Bonchev–Trinajstić information content (AvgIpc) is 3.07. The summed E-state index contributed by atoms with van der Waals surface area (Å²) in [6.07, 6.45) is 3.78. The Hall–Kier alpha value is -0.954.